The molecule has 6 nitrogen and oxygen atoms in total. The standard InChI is InChI=1S/C20H22FN3O3S3/c1-12-7-8-13-16(11-12)29-18-17(13)19(25)24(15-6-4-3-5-14(15)21)20(23-18)28-10-9-22-30(2,26)27/h3-6,12,22H,7-11H2,1-2H3. The fraction of sp³-hybridized carbons (Fsp3) is 0.400. The third-order valence-corrected chi connectivity index (χ3v) is 7.91. The van der Waals surface area contributed by atoms with Crippen LogP contribution in [0.15, 0.2) is 34.2 Å². The summed E-state index contributed by atoms with van der Waals surface area (Å²) >= 11 is 2.77. The minimum atomic E-state index is -3.31. The van der Waals surface area contributed by atoms with E-state index in [1.165, 1.54) is 27.3 Å². The molecule has 1 aliphatic carbocycles. The van der Waals surface area contributed by atoms with E-state index in [0.717, 1.165) is 31.1 Å². The van der Waals surface area contributed by atoms with E-state index in [-0.39, 0.29) is 17.8 Å². The van der Waals surface area contributed by atoms with Crippen molar-refractivity contribution in [3.05, 3.63) is 50.9 Å². The third-order valence-electron chi connectivity index (χ3n) is 5.09. The molecule has 1 atom stereocenters. The smallest absolute Gasteiger partial charge is 0.267 e. The van der Waals surface area contributed by atoms with E-state index in [0.29, 0.717) is 27.0 Å². The van der Waals surface area contributed by atoms with E-state index in [2.05, 4.69) is 11.6 Å². The number of aromatic nitrogens is 2. The molecule has 0 fully saturated rings. The first-order valence-corrected chi connectivity index (χ1v) is 13.3. The Morgan fingerprint density at radius 1 is 1.37 bits per heavy atom. The predicted molar refractivity (Wildman–Crippen MR) is 120 cm³/mol. The molecule has 1 aromatic carbocycles. The molecule has 0 radical (unpaired) electrons. The monoisotopic (exact) mass is 467 g/mol. The summed E-state index contributed by atoms with van der Waals surface area (Å²) in [4.78, 5) is 20.1. The van der Waals surface area contributed by atoms with Gasteiger partial charge in [-0.1, -0.05) is 30.8 Å². The molecule has 10 heteroatoms. The van der Waals surface area contributed by atoms with Crippen LogP contribution in [0, 0.1) is 11.7 Å². The van der Waals surface area contributed by atoms with Crippen LogP contribution in [-0.2, 0) is 22.9 Å². The van der Waals surface area contributed by atoms with Gasteiger partial charge < -0.3 is 0 Å². The summed E-state index contributed by atoms with van der Waals surface area (Å²) in [6, 6.07) is 6.13. The maximum atomic E-state index is 14.6. The van der Waals surface area contributed by atoms with Crippen molar-refractivity contribution in [1.29, 1.82) is 0 Å². The SMILES string of the molecule is CC1CCc2c(sc3nc(SCCNS(C)(=O)=O)n(-c4ccccc4F)c(=O)c23)C1. The third kappa shape index (κ3) is 4.32. The molecule has 1 unspecified atom stereocenters. The molecule has 0 saturated heterocycles. The largest absolute Gasteiger partial charge is 0.268 e. The van der Waals surface area contributed by atoms with Gasteiger partial charge in [0, 0.05) is 17.2 Å². The average Bonchev–Trinajstić information content (AvgIpc) is 3.03. The van der Waals surface area contributed by atoms with Crippen LogP contribution in [0.25, 0.3) is 15.9 Å². The van der Waals surface area contributed by atoms with Crippen molar-refractivity contribution in [2.24, 2.45) is 5.92 Å². The van der Waals surface area contributed by atoms with Gasteiger partial charge in [0.25, 0.3) is 5.56 Å². The Bertz CT molecular complexity index is 1270. The molecule has 0 spiro atoms. The molecule has 160 valence electrons. The topological polar surface area (TPSA) is 81.1 Å². The zero-order chi connectivity index (χ0) is 21.5. The minimum absolute atomic E-state index is 0.152. The number of aryl methyl sites for hydroxylation is 1. The van der Waals surface area contributed by atoms with Gasteiger partial charge in [-0.2, -0.15) is 0 Å². The Morgan fingerprint density at radius 3 is 2.87 bits per heavy atom. The summed E-state index contributed by atoms with van der Waals surface area (Å²) in [6.07, 6.45) is 3.87. The van der Waals surface area contributed by atoms with E-state index in [4.69, 9.17) is 4.98 Å². The highest BCUT2D eigenvalue weighted by Gasteiger charge is 2.25. The summed E-state index contributed by atoms with van der Waals surface area (Å²) in [5.41, 5.74) is 0.932. The number of thioether (sulfide) groups is 1. The van der Waals surface area contributed by atoms with Crippen LogP contribution in [0.5, 0.6) is 0 Å². The molecule has 1 N–H and O–H groups in total. The minimum Gasteiger partial charge on any atom is -0.268 e. The summed E-state index contributed by atoms with van der Waals surface area (Å²) in [5, 5.41) is 0.948. The Kier molecular flexibility index (Phi) is 6.02. The van der Waals surface area contributed by atoms with Gasteiger partial charge in [-0.3, -0.25) is 9.36 Å². The number of fused-ring (bicyclic) bond motifs is 3. The number of nitrogens with zero attached hydrogens (tertiary/aromatic N) is 2. The van der Waals surface area contributed by atoms with E-state index in [1.54, 1.807) is 29.5 Å². The first kappa shape index (κ1) is 21.5. The maximum absolute atomic E-state index is 14.6. The van der Waals surface area contributed by atoms with Crippen LogP contribution in [0.2, 0.25) is 0 Å². The summed E-state index contributed by atoms with van der Waals surface area (Å²) < 4.78 is 41.0. The molecule has 0 aliphatic heterocycles. The molecule has 30 heavy (non-hydrogen) atoms. The van der Waals surface area contributed by atoms with E-state index in [9.17, 15) is 17.6 Å². The van der Waals surface area contributed by atoms with Gasteiger partial charge in [0.05, 0.1) is 17.3 Å². The summed E-state index contributed by atoms with van der Waals surface area (Å²) in [5.74, 6) is 0.423. The lowest BCUT2D eigenvalue weighted by atomic mass is 9.89. The van der Waals surface area contributed by atoms with Crippen LogP contribution in [0.3, 0.4) is 0 Å². The van der Waals surface area contributed by atoms with Crippen molar-refractivity contribution in [3.8, 4) is 5.69 Å². The van der Waals surface area contributed by atoms with Gasteiger partial charge in [0.1, 0.15) is 10.6 Å². The molecule has 0 amide bonds. The average molecular weight is 468 g/mol. The van der Waals surface area contributed by atoms with Crippen molar-refractivity contribution >= 4 is 43.3 Å². The van der Waals surface area contributed by atoms with E-state index >= 15 is 0 Å². The van der Waals surface area contributed by atoms with Crippen LogP contribution < -0.4 is 10.3 Å². The van der Waals surface area contributed by atoms with Crippen LogP contribution in [0.1, 0.15) is 23.8 Å². The molecule has 3 aromatic rings. The number of para-hydroxylation sites is 1. The maximum Gasteiger partial charge on any atom is 0.267 e. The highest BCUT2D eigenvalue weighted by molar-refractivity contribution is 7.99. The fourth-order valence-corrected chi connectivity index (χ4v) is 6.57. The van der Waals surface area contributed by atoms with Crippen molar-refractivity contribution < 1.29 is 12.8 Å². The molecule has 2 aromatic heterocycles. The molecular formula is C20H22FN3O3S3. The Hall–Kier alpha value is -1.75. The van der Waals surface area contributed by atoms with Crippen LogP contribution in [0.4, 0.5) is 4.39 Å². The van der Waals surface area contributed by atoms with Gasteiger partial charge in [0.2, 0.25) is 10.0 Å². The van der Waals surface area contributed by atoms with E-state index in [1.807, 2.05) is 0 Å². The number of hydrogen-bond acceptors (Lipinski definition) is 6. The van der Waals surface area contributed by atoms with Gasteiger partial charge >= 0.3 is 0 Å². The molecule has 2 heterocycles. The second-order valence-electron chi connectivity index (χ2n) is 7.53. The molecule has 0 saturated carbocycles. The van der Waals surface area contributed by atoms with Crippen molar-refractivity contribution in [1.82, 2.24) is 14.3 Å². The van der Waals surface area contributed by atoms with Crippen molar-refractivity contribution in [2.45, 2.75) is 31.3 Å². The normalized spacial score (nSPS) is 16.7. The molecular weight excluding hydrogens is 445 g/mol. The van der Waals surface area contributed by atoms with Gasteiger partial charge in [-0.25, -0.2) is 22.5 Å². The fourth-order valence-electron chi connectivity index (χ4n) is 3.68. The van der Waals surface area contributed by atoms with Gasteiger partial charge in [-0.15, -0.1) is 11.3 Å². The van der Waals surface area contributed by atoms with Crippen molar-refractivity contribution in [2.75, 3.05) is 18.6 Å². The predicted octanol–water partition coefficient (Wildman–Crippen LogP) is 3.35. The zero-order valence-corrected chi connectivity index (χ0v) is 19.1. The Balaban J connectivity index is 1.83. The second kappa shape index (κ2) is 8.41. The van der Waals surface area contributed by atoms with Gasteiger partial charge in [-0.05, 0) is 42.9 Å². The number of nitrogens with one attached hydrogen (secondary N) is 1. The second-order valence-corrected chi connectivity index (χ2v) is 11.5. The quantitative estimate of drug-likeness (QED) is 0.342. The number of halogens is 1. The number of rotatable bonds is 6. The Morgan fingerprint density at radius 2 is 2.13 bits per heavy atom. The van der Waals surface area contributed by atoms with E-state index < -0.39 is 15.8 Å². The summed E-state index contributed by atoms with van der Waals surface area (Å²) in [7, 11) is -3.31. The van der Waals surface area contributed by atoms with Crippen molar-refractivity contribution in [3.63, 3.8) is 0 Å². The zero-order valence-electron chi connectivity index (χ0n) is 16.6. The lowest BCUT2D eigenvalue weighted by Crippen LogP contribution is -2.26. The molecule has 4 rings (SSSR count). The lowest BCUT2D eigenvalue weighted by Gasteiger charge is -2.18. The number of benzene rings is 1. The van der Waals surface area contributed by atoms with Crippen LogP contribution >= 0.6 is 23.1 Å². The number of thiophene rings is 1. The number of hydrogen-bond donors (Lipinski definition) is 1. The van der Waals surface area contributed by atoms with Crippen LogP contribution in [-0.4, -0.2) is 36.5 Å². The molecule has 1 aliphatic rings. The molecule has 0 bridgehead atoms. The summed E-state index contributed by atoms with van der Waals surface area (Å²) in [6.45, 7) is 2.39. The first-order valence-electron chi connectivity index (χ1n) is 9.64. The highest BCUT2D eigenvalue weighted by atomic mass is 32.2. The highest BCUT2D eigenvalue weighted by Crippen LogP contribution is 2.37. The van der Waals surface area contributed by atoms with Gasteiger partial charge in [0.15, 0.2) is 5.16 Å². The number of sulfonamides is 1. The first-order chi connectivity index (χ1) is 14.2. The lowest BCUT2D eigenvalue weighted by molar-refractivity contribution is 0.509. The Labute approximate surface area is 182 Å².